The van der Waals surface area contributed by atoms with Crippen molar-refractivity contribution in [2.75, 3.05) is 0 Å². The molecule has 6 aromatic carbocycles. The van der Waals surface area contributed by atoms with Gasteiger partial charge >= 0.3 is 0 Å². The summed E-state index contributed by atoms with van der Waals surface area (Å²) in [6, 6.07) is 54.9. The molecule has 40 heavy (non-hydrogen) atoms. The summed E-state index contributed by atoms with van der Waals surface area (Å²) in [5, 5.41) is 9.16. The van der Waals surface area contributed by atoms with Crippen LogP contribution in [0.1, 0.15) is 27.8 Å². The predicted molar refractivity (Wildman–Crippen MR) is 160 cm³/mol. The SMILES string of the molecule is N#Cc1ccc(-c2ccc(-c3ccccc3C3(c4ccccc4)c4ccccc4Oc4ccccc43)cc2)cc1. The monoisotopic (exact) mass is 511 g/mol. The van der Waals surface area contributed by atoms with E-state index < -0.39 is 5.41 Å². The van der Waals surface area contributed by atoms with Crippen molar-refractivity contribution >= 4 is 0 Å². The quantitative estimate of drug-likeness (QED) is 0.236. The molecule has 0 N–H and O–H groups in total. The van der Waals surface area contributed by atoms with Crippen molar-refractivity contribution in [1.82, 2.24) is 0 Å². The molecular formula is C38H25NO. The van der Waals surface area contributed by atoms with Gasteiger partial charge < -0.3 is 4.74 Å². The number of hydrogen-bond donors (Lipinski definition) is 0. The van der Waals surface area contributed by atoms with Gasteiger partial charge in [0.05, 0.1) is 17.0 Å². The van der Waals surface area contributed by atoms with E-state index in [0.29, 0.717) is 5.56 Å². The lowest BCUT2D eigenvalue weighted by Gasteiger charge is -2.42. The highest BCUT2D eigenvalue weighted by Gasteiger charge is 2.46. The minimum Gasteiger partial charge on any atom is -0.457 e. The van der Waals surface area contributed by atoms with Gasteiger partial charge in [-0.2, -0.15) is 5.26 Å². The molecule has 1 heterocycles. The molecule has 2 heteroatoms. The van der Waals surface area contributed by atoms with Crippen LogP contribution in [-0.4, -0.2) is 0 Å². The Balaban J connectivity index is 1.47. The molecule has 1 aliphatic heterocycles. The Morgan fingerprint density at radius 2 is 0.925 bits per heavy atom. The van der Waals surface area contributed by atoms with E-state index in [2.05, 4.69) is 121 Å². The summed E-state index contributed by atoms with van der Waals surface area (Å²) in [7, 11) is 0. The first-order valence-electron chi connectivity index (χ1n) is 13.4. The second-order valence-corrected chi connectivity index (χ2v) is 10.0. The maximum absolute atomic E-state index is 9.16. The summed E-state index contributed by atoms with van der Waals surface area (Å²) in [6.45, 7) is 0. The first-order valence-corrected chi connectivity index (χ1v) is 13.4. The van der Waals surface area contributed by atoms with Crippen molar-refractivity contribution < 1.29 is 4.74 Å². The minimum absolute atomic E-state index is 0.574. The summed E-state index contributed by atoms with van der Waals surface area (Å²) in [4.78, 5) is 0. The predicted octanol–water partition coefficient (Wildman–Crippen LogP) is 9.38. The number of fused-ring (bicyclic) bond motifs is 2. The van der Waals surface area contributed by atoms with E-state index in [1.165, 1.54) is 16.7 Å². The van der Waals surface area contributed by atoms with Crippen LogP contribution >= 0.6 is 0 Å². The van der Waals surface area contributed by atoms with Gasteiger partial charge in [-0.1, -0.05) is 127 Å². The van der Waals surface area contributed by atoms with Crippen LogP contribution in [0.15, 0.2) is 152 Å². The first-order chi connectivity index (χ1) is 19.8. The molecule has 0 aliphatic carbocycles. The molecule has 0 amide bonds. The summed E-state index contributed by atoms with van der Waals surface area (Å²) in [6.07, 6.45) is 0. The molecule has 0 spiro atoms. The van der Waals surface area contributed by atoms with E-state index in [9.17, 15) is 0 Å². The van der Waals surface area contributed by atoms with Crippen LogP contribution in [0.3, 0.4) is 0 Å². The molecule has 0 saturated carbocycles. The zero-order valence-corrected chi connectivity index (χ0v) is 21.8. The molecular weight excluding hydrogens is 486 g/mol. The Morgan fingerprint density at radius 3 is 1.52 bits per heavy atom. The number of benzene rings is 6. The second kappa shape index (κ2) is 9.73. The second-order valence-electron chi connectivity index (χ2n) is 10.0. The average Bonchev–Trinajstić information content (AvgIpc) is 3.04. The van der Waals surface area contributed by atoms with E-state index in [1.54, 1.807) is 0 Å². The van der Waals surface area contributed by atoms with Crippen LogP contribution in [0.2, 0.25) is 0 Å². The Bertz CT molecular complexity index is 1820. The lowest BCUT2D eigenvalue weighted by Crippen LogP contribution is -2.34. The van der Waals surface area contributed by atoms with Crippen molar-refractivity contribution in [2.24, 2.45) is 0 Å². The molecule has 0 unspecified atom stereocenters. The molecule has 0 bridgehead atoms. The third-order valence-electron chi connectivity index (χ3n) is 7.88. The molecule has 7 rings (SSSR count). The van der Waals surface area contributed by atoms with E-state index >= 15 is 0 Å². The van der Waals surface area contributed by atoms with Crippen LogP contribution in [0.4, 0.5) is 0 Å². The van der Waals surface area contributed by atoms with Crippen molar-refractivity contribution in [1.29, 1.82) is 5.26 Å². The molecule has 1 aliphatic rings. The van der Waals surface area contributed by atoms with Crippen LogP contribution < -0.4 is 4.74 Å². The third kappa shape index (κ3) is 3.72. The molecule has 0 fully saturated rings. The fraction of sp³-hybridized carbons (Fsp3) is 0.0263. The Morgan fingerprint density at radius 1 is 0.450 bits per heavy atom. The van der Waals surface area contributed by atoms with Crippen molar-refractivity contribution in [3.8, 4) is 39.8 Å². The number of ether oxygens (including phenoxy) is 1. The maximum Gasteiger partial charge on any atom is 0.132 e. The van der Waals surface area contributed by atoms with E-state index in [-0.39, 0.29) is 0 Å². The zero-order valence-electron chi connectivity index (χ0n) is 21.8. The van der Waals surface area contributed by atoms with Gasteiger partial charge in [0.15, 0.2) is 0 Å². The Kier molecular flexibility index (Phi) is 5.77. The standard InChI is InChI=1S/C38H25NO/c39-26-27-18-20-28(21-19-27)29-22-24-30(25-23-29)32-12-4-5-13-33(32)38(31-10-2-1-3-11-31)34-14-6-8-16-36(34)40-37-17-9-7-15-35(37)38/h1-25H. The molecule has 0 saturated heterocycles. The van der Waals surface area contributed by atoms with Gasteiger partial charge in [0.25, 0.3) is 0 Å². The van der Waals surface area contributed by atoms with E-state index in [0.717, 1.165) is 39.3 Å². The molecule has 0 aromatic heterocycles. The van der Waals surface area contributed by atoms with Crippen molar-refractivity contribution in [3.05, 3.63) is 179 Å². The fourth-order valence-electron chi connectivity index (χ4n) is 6.08. The lowest BCUT2D eigenvalue weighted by atomic mass is 9.62. The van der Waals surface area contributed by atoms with Crippen molar-refractivity contribution in [3.63, 3.8) is 0 Å². The zero-order chi connectivity index (χ0) is 26.9. The number of nitrogens with zero attached hydrogens (tertiary/aromatic N) is 1. The van der Waals surface area contributed by atoms with Gasteiger partial charge in [0, 0.05) is 11.1 Å². The molecule has 0 atom stereocenters. The fourth-order valence-corrected chi connectivity index (χ4v) is 6.08. The van der Waals surface area contributed by atoms with E-state index in [1.807, 2.05) is 36.4 Å². The van der Waals surface area contributed by atoms with Crippen LogP contribution in [-0.2, 0) is 5.41 Å². The van der Waals surface area contributed by atoms with Crippen LogP contribution in [0.25, 0.3) is 22.3 Å². The van der Waals surface area contributed by atoms with Crippen LogP contribution in [0.5, 0.6) is 11.5 Å². The lowest BCUT2D eigenvalue weighted by molar-refractivity contribution is 0.434. The summed E-state index contributed by atoms with van der Waals surface area (Å²) < 4.78 is 6.48. The highest BCUT2D eigenvalue weighted by molar-refractivity contribution is 5.79. The number of rotatable bonds is 4. The molecule has 188 valence electrons. The van der Waals surface area contributed by atoms with Gasteiger partial charge in [-0.3, -0.25) is 0 Å². The number of nitriles is 1. The number of para-hydroxylation sites is 2. The highest BCUT2D eigenvalue weighted by atomic mass is 16.5. The average molecular weight is 512 g/mol. The molecule has 2 nitrogen and oxygen atoms in total. The van der Waals surface area contributed by atoms with Crippen molar-refractivity contribution in [2.45, 2.75) is 5.41 Å². The number of hydrogen-bond acceptors (Lipinski definition) is 2. The van der Waals surface area contributed by atoms with Gasteiger partial charge in [0.1, 0.15) is 11.5 Å². The summed E-state index contributed by atoms with van der Waals surface area (Å²) in [5.41, 5.74) is 9.26. The maximum atomic E-state index is 9.16. The van der Waals surface area contributed by atoms with E-state index in [4.69, 9.17) is 10.00 Å². The van der Waals surface area contributed by atoms with Gasteiger partial charge in [-0.15, -0.1) is 0 Å². The minimum atomic E-state index is -0.574. The smallest absolute Gasteiger partial charge is 0.132 e. The Hall–Kier alpha value is -5.39. The largest absolute Gasteiger partial charge is 0.457 e. The molecule has 6 aromatic rings. The highest BCUT2D eigenvalue weighted by Crippen LogP contribution is 2.56. The van der Waals surface area contributed by atoms with Gasteiger partial charge in [-0.05, 0) is 57.6 Å². The summed E-state index contributed by atoms with van der Waals surface area (Å²) in [5.74, 6) is 1.74. The first kappa shape index (κ1) is 23.7. The van der Waals surface area contributed by atoms with Gasteiger partial charge in [-0.25, -0.2) is 0 Å². The molecule has 0 radical (unpaired) electrons. The topological polar surface area (TPSA) is 33.0 Å². The normalized spacial score (nSPS) is 12.9. The summed E-state index contributed by atoms with van der Waals surface area (Å²) >= 11 is 0. The third-order valence-corrected chi connectivity index (χ3v) is 7.88. The Labute approximate surface area is 234 Å². The van der Waals surface area contributed by atoms with Gasteiger partial charge in [0.2, 0.25) is 0 Å². The van der Waals surface area contributed by atoms with Crippen LogP contribution in [0, 0.1) is 11.3 Å².